The summed E-state index contributed by atoms with van der Waals surface area (Å²) < 4.78 is 38.2. The molecule has 0 aliphatic carbocycles. The topological polar surface area (TPSA) is 81.4 Å². The van der Waals surface area contributed by atoms with E-state index >= 15 is 0 Å². The fourth-order valence-electron chi connectivity index (χ4n) is 3.19. The SMILES string of the molecule is CCOc1ccc(S(=O)(=O)c2nc(-c3ccc(C)cc3)oc2NCc2ccccc2)cc1. The van der Waals surface area contributed by atoms with Gasteiger partial charge in [0.1, 0.15) is 5.75 Å². The first-order valence-corrected chi connectivity index (χ1v) is 11.8. The predicted molar refractivity (Wildman–Crippen MR) is 124 cm³/mol. The lowest BCUT2D eigenvalue weighted by Gasteiger charge is -2.07. The van der Waals surface area contributed by atoms with Crippen LogP contribution in [0.5, 0.6) is 5.75 Å². The summed E-state index contributed by atoms with van der Waals surface area (Å²) in [6.07, 6.45) is 0. The van der Waals surface area contributed by atoms with Crippen molar-refractivity contribution in [3.8, 4) is 17.2 Å². The zero-order valence-corrected chi connectivity index (χ0v) is 18.7. The average molecular weight is 449 g/mol. The van der Waals surface area contributed by atoms with Gasteiger partial charge in [-0.3, -0.25) is 0 Å². The molecule has 3 aromatic carbocycles. The van der Waals surface area contributed by atoms with Crippen LogP contribution in [0.3, 0.4) is 0 Å². The number of benzene rings is 3. The molecule has 1 aromatic heterocycles. The molecule has 1 N–H and O–H groups in total. The van der Waals surface area contributed by atoms with Gasteiger partial charge in [0.25, 0.3) is 0 Å². The van der Waals surface area contributed by atoms with Gasteiger partial charge in [-0.1, -0.05) is 48.0 Å². The summed E-state index contributed by atoms with van der Waals surface area (Å²) in [6.45, 7) is 4.75. The maximum atomic E-state index is 13.4. The fraction of sp³-hybridized carbons (Fsp3) is 0.160. The minimum Gasteiger partial charge on any atom is -0.494 e. The van der Waals surface area contributed by atoms with E-state index < -0.39 is 9.84 Å². The summed E-state index contributed by atoms with van der Waals surface area (Å²) in [5.41, 5.74) is 2.78. The van der Waals surface area contributed by atoms with Gasteiger partial charge in [0.15, 0.2) is 0 Å². The molecule has 0 saturated carbocycles. The highest BCUT2D eigenvalue weighted by atomic mass is 32.2. The Morgan fingerprint density at radius 1 is 0.938 bits per heavy atom. The van der Waals surface area contributed by atoms with E-state index in [0.717, 1.165) is 11.1 Å². The van der Waals surface area contributed by atoms with Crippen molar-refractivity contribution < 1.29 is 17.6 Å². The number of hydrogen-bond donors (Lipinski definition) is 1. The third-order valence-electron chi connectivity index (χ3n) is 4.89. The molecule has 0 bridgehead atoms. The second-order valence-electron chi connectivity index (χ2n) is 7.27. The molecule has 0 unspecified atom stereocenters. The van der Waals surface area contributed by atoms with E-state index in [1.165, 1.54) is 12.1 Å². The normalized spacial score (nSPS) is 11.3. The Morgan fingerprint density at radius 3 is 2.28 bits per heavy atom. The molecule has 0 aliphatic rings. The van der Waals surface area contributed by atoms with Crippen LogP contribution in [0.1, 0.15) is 18.1 Å². The fourth-order valence-corrected chi connectivity index (χ4v) is 4.47. The summed E-state index contributed by atoms with van der Waals surface area (Å²) in [7, 11) is -3.92. The Hall–Kier alpha value is -3.58. The molecule has 0 amide bonds. The van der Waals surface area contributed by atoms with Crippen LogP contribution in [-0.4, -0.2) is 20.0 Å². The summed E-state index contributed by atoms with van der Waals surface area (Å²) in [5, 5.41) is 2.96. The predicted octanol–water partition coefficient (Wildman–Crippen LogP) is 5.49. The van der Waals surface area contributed by atoms with Crippen molar-refractivity contribution in [1.29, 1.82) is 0 Å². The van der Waals surface area contributed by atoms with E-state index in [1.54, 1.807) is 12.1 Å². The van der Waals surface area contributed by atoms with Crippen molar-refractivity contribution in [2.75, 3.05) is 11.9 Å². The van der Waals surface area contributed by atoms with E-state index in [0.29, 0.717) is 24.5 Å². The highest BCUT2D eigenvalue weighted by Gasteiger charge is 2.28. The number of hydrogen-bond acceptors (Lipinski definition) is 6. The largest absolute Gasteiger partial charge is 0.494 e. The maximum absolute atomic E-state index is 13.4. The number of nitrogens with zero attached hydrogens (tertiary/aromatic N) is 1. The van der Waals surface area contributed by atoms with Gasteiger partial charge in [-0.2, -0.15) is 4.98 Å². The molecule has 164 valence electrons. The van der Waals surface area contributed by atoms with Crippen molar-refractivity contribution in [2.24, 2.45) is 0 Å². The zero-order chi connectivity index (χ0) is 22.6. The van der Waals surface area contributed by atoms with Crippen LogP contribution in [0.25, 0.3) is 11.5 Å². The maximum Gasteiger partial charge on any atom is 0.234 e. The summed E-state index contributed by atoms with van der Waals surface area (Å²) in [4.78, 5) is 4.50. The lowest BCUT2D eigenvalue weighted by atomic mass is 10.1. The van der Waals surface area contributed by atoms with Gasteiger partial charge in [0.05, 0.1) is 11.5 Å². The molecule has 0 atom stereocenters. The van der Waals surface area contributed by atoms with Crippen molar-refractivity contribution in [2.45, 2.75) is 30.3 Å². The number of nitrogens with one attached hydrogen (secondary N) is 1. The molecule has 0 aliphatic heterocycles. The van der Waals surface area contributed by atoms with E-state index in [-0.39, 0.29) is 21.7 Å². The Kier molecular flexibility index (Phi) is 6.28. The number of sulfone groups is 1. The third-order valence-corrected chi connectivity index (χ3v) is 6.57. The van der Waals surface area contributed by atoms with Crippen LogP contribution >= 0.6 is 0 Å². The van der Waals surface area contributed by atoms with Crippen molar-refractivity contribution in [3.63, 3.8) is 0 Å². The van der Waals surface area contributed by atoms with E-state index in [1.807, 2.05) is 68.4 Å². The Bertz CT molecular complexity index is 1280. The quantitative estimate of drug-likeness (QED) is 0.384. The second-order valence-corrected chi connectivity index (χ2v) is 9.13. The molecule has 0 spiro atoms. The average Bonchev–Trinajstić information content (AvgIpc) is 3.25. The molecular formula is C25H24N2O4S. The number of oxazole rings is 1. The molecule has 6 nitrogen and oxygen atoms in total. The van der Waals surface area contributed by atoms with Gasteiger partial charge < -0.3 is 14.5 Å². The van der Waals surface area contributed by atoms with Gasteiger partial charge in [-0.25, -0.2) is 8.42 Å². The summed E-state index contributed by atoms with van der Waals surface area (Å²) in [6, 6.07) is 23.5. The Labute approximate surface area is 187 Å². The lowest BCUT2D eigenvalue weighted by molar-refractivity contribution is 0.340. The lowest BCUT2D eigenvalue weighted by Crippen LogP contribution is -2.07. The summed E-state index contributed by atoms with van der Waals surface area (Å²) >= 11 is 0. The van der Waals surface area contributed by atoms with Crippen LogP contribution in [0, 0.1) is 6.92 Å². The first-order valence-electron chi connectivity index (χ1n) is 10.3. The molecule has 0 saturated heterocycles. The molecular weight excluding hydrogens is 424 g/mol. The molecule has 7 heteroatoms. The number of aryl methyl sites for hydroxylation is 1. The van der Waals surface area contributed by atoms with Crippen molar-refractivity contribution in [3.05, 3.63) is 90.0 Å². The molecule has 32 heavy (non-hydrogen) atoms. The smallest absolute Gasteiger partial charge is 0.234 e. The van der Waals surface area contributed by atoms with Crippen LogP contribution < -0.4 is 10.1 Å². The van der Waals surface area contributed by atoms with Crippen molar-refractivity contribution >= 4 is 15.7 Å². The van der Waals surface area contributed by atoms with E-state index in [9.17, 15) is 8.42 Å². The minimum atomic E-state index is -3.92. The van der Waals surface area contributed by atoms with E-state index in [2.05, 4.69) is 10.3 Å². The summed E-state index contributed by atoms with van der Waals surface area (Å²) in [5.74, 6) is 0.956. The molecule has 1 heterocycles. The molecule has 0 fully saturated rings. The number of rotatable bonds is 8. The highest BCUT2D eigenvalue weighted by molar-refractivity contribution is 7.91. The number of ether oxygens (including phenoxy) is 1. The van der Waals surface area contributed by atoms with Gasteiger partial charge >= 0.3 is 0 Å². The van der Waals surface area contributed by atoms with Gasteiger partial charge in [-0.05, 0) is 55.8 Å². The van der Waals surface area contributed by atoms with Gasteiger partial charge in [0, 0.05) is 12.1 Å². The Balaban J connectivity index is 1.73. The van der Waals surface area contributed by atoms with Gasteiger partial charge in [0.2, 0.25) is 26.6 Å². The number of aromatic nitrogens is 1. The van der Waals surface area contributed by atoms with Gasteiger partial charge in [-0.15, -0.1) is 0 Å². The Morgan fingerprint density at radius 2 is 1.62 bits per heavy atom. The van der Waals surface area contributed by atoms with Crippen LogP contribution in [0.4, 0.5) is 5.88 Å². The minimum absolute atomic E-state index is 0.110. The zero-order valence-electron chi connectivity index (χ0n) is 17.9. The first-order chi connectivity index (χ1) is 15.5. The second kappa shape index (κ2) is 9.28. The number of anilines is 1. The van der Waals surface area contributed by atoms with Crippen LogP contribution in [0.15, 0.2) is 93.2 Å². The van der Waals surface area contributed by atoms with E-state index in [4.69, 9.17) is 9.15 Å². The van der Waals surface area contributed by atoms with Crippen LogP contribution in [-0.2, 0) is 16.4 Å². The molecule has 4 aromatic rings. The van der Waals surface area contributed by atoms with Crippen molar-refractivity contribution in [1.82, 2.24) is 4.98 Å². The molecule has 4 rings (SSSR count). The monoisotopic (exact) mass is 448 g/mol. The first kappa shape index (κ1) is 21.6. The highest BCUT2D eigenvalue weighted by Crippen LogP contribution is 2.33. The van der Waals surface area contributed by atoms with Crippen LogP contribution in [0.2, 0.25) is 0 Å². The third kappa shape index (κ3) is 4.68. The molecule has 0 radical (unpaired) electrons. The standard InChI is InChI=1S/C25H24N2O4S/c1-3-30-21-13-15-22(16-14-21)32(28,29)25-24(26-17-19-7-5-4-6-8-19)31-23(27-25)20-11-9-18(2)10-12-20/h4-16,26H,3,17H2,1-2H3.